The lowest BCUT2D eigenvalue weighted by Crippen LogP contribution is -2.28. The molecule has 0 aromatic heterocycles. The molecule has 7 nitrogen and oxygen atoms in total. The number of anilines is 2. The van der Waals surface area contributed by atoms with Crippen molar-refractivity contribution in [2.75, 3.05) is 23.9 Å². The van der Waals surface area contributed by atoms with E-state index in [0.29, 0.717) is 27.1 Å². The van der Waals surface area contributed by atoms with Crippen LogP contribution in [0, 0.1) is 20.8 Å². The molecule has 0 radical (unpaired) electrons. The molecule has 4 aromatic rings. The van der Waals surface area contributed by atoms with Gasteiger partial charge in [-0.3, -0.25) is 14.5 Å². The predicted molar refractivity (Wildman–Crippen MR) is 176 cm³/mol. The highest BCUT2D eigenvalue weighted by Gasteiger charge is 2.35. The zero-order chi connectivity index (χ0) is 30.5. The van der Waals surface area contributed by atoms with Crippen molar-refractivity contribution in [1.29, 1.82) is 0 Å². The third-order valence-corrected chi connectivity index (χ3v) is 7.81. The van der Waals surface area contributed by atoms with Crippen LogP contribution in [-0.2, 0) is 9.59 Å². The summed E-state index contributed by atoms with van der Waals surface area (Å²) in [6.07, 6.45) is 1.74. The Kier molecular flexibility index (Phi) is 9.19. The van der Waals surface area contributed by atoms with Crippen LogP contribution in [0.25, 0.3) is 6.08 Å². The van der Waals surface area contributed by atoms with Crippen molar-refractivity contribution in [3.8, 4) is 11.5 Å². The molecule has 9 heteroatoms. The van der Waals surface area contributed by atoms with Gasteiger partial charge in [-0.05, 0) is 98.3 Å². The van der Waals surface area contributed by atoms with Gasteiger partial charge in [0.05, 0.1) is 28.4 Å². The van der Waals surface area contributed by atoms with Gasteiger partial charge in [-0.2, -0.15) is 0 Å². The first-order valence-corrected chi connectivity index (χ1v) is 14.7. The number of carbonyl (C=O) groups is 2. The number of amides is 2. The van der Waals surface area contributed by atoms with Gasteiger partial charge in [0.15, 0.2) is 23.3 Å². The standard InChI is InChI=1S/C34H30ClN3O4S/c1-21-8-12-25(13-9-21)37-34-38(27-14-10-22(2)11-15-27)33(40)30(43-34)19-24-17-28(35)32(29(18-24)41-4)42-20-31(39)36-26-7-5-6-23(3)16-26/h5-19H,20H2,1-4H3,(H,36,39)/b30-19-,37-34?. The number of ether oxygens (including phenoxy) is 2. The van der Waals surface area contributed by atoms with Gasteiger partial charge in [-0.15, -0.1) is 0 Å². The summed E-state index contributed by atoms with van der Waals surface area (Å²) in [7, 11) is 1.49. The first-order valence-electron chi connectivity index (χ1n) is 13.5. The molecule has 5 rings (SSSR count). The smallest absolute Gasteiger partial charge is 0.271 e. The summed E-state index contributed by atoms with van der Waals surface area (Å²) in [4.78, 5) is 33.1. The maximum atomic E-state index is 13.7. The molecule has 4 aromatic carbocycles. The largest absolute Gasteiger partial charge is 0.493 e. The summed E-state index contributed by atoms with van der Waals surface area (Å²) < 4.78 is 11.3. The second-order valence-corrected chi connectivity index (χ2v) is 11.5. The van der Waals surface area contributed by atoms with Crippen LogP contribution in [0.4, 0.5) is 17.1 Å². The van der Waals surface area contributed by atoms with Crippen molar-refractivity contribution in [2.24, 2.45) is 4.99 Å². The second-order valence-electron chi connectivity index (χ2n) is 10.1. The molecule has 1 fully saturated rings. The van der Waals surface area contributed by atoms with Crippen molar-refractivity contribution >= 4 is 63.5 Å². The summed E-state index contributed by atoms with van der Waals surface area (Å²) in [6, 6.07) is 26.4. The fourth-order valence-electron chi connectivity index (χ4n) is 4.37. The molecule has 0 atom stereocenters. The number of amidine groups is 1. The normalized spacial score (nSPS) is 14.8. The summed E-state index contributed by atoms with van der Waals surface area (Å²) in [5.74, 6) is 0.0310. The van der Waals surface area contributed by atoms with Gasteiger partial charge in [-0.1, -0.05) is 59.1 Å². The highest BCUT2D eigenvalue weighted by molar-refractivity contribution is 8.19. The Morgan fingerprint density at radius 2 is 1.65 bits per heavy atom. The van der Waals surface area contributed by atoms with Gasteiger partial charge in [-0.25, -0.2) is 4.99 Å². The molecule has 0 spiro atoms. The fraction of sp³-hybridized carbons (Fsp3) is 0.147. The number of rotatable bonds is 8. The van der Waals surface area contributed by atoms with E-state index in [2.05, 4.69) is 5.32 Å². The lowest BCUT2D eigenvalue weighted by Gasteiger charge is -2.16. The van der Waals surface area contributed by atoms with Crippen LogP contribution < -0.4 is 19.7 Å². The Morgan fingerprint density at radius 1 is 0.953 bits per heavy atom. The minimum atomic E-state index is -0.334. The van der Waals surface area contributed by atoms with Crippen molar-refractivity contribution in [1.82, 2.24) is 0 Å². The number of aryl methyl sites for hydroxylation is 3. The van der Waals surface area contributed by atoms with Crippen LogP contribution in [0.15, 0.2) is 94.8 Å². The maximum Gasteiger partial charge on any atom is 0.271 e. The number of nitrogens with zero attached hydrogens (tertiary/aromatic N) is 2. The molecule has 218 valence electrons. The molecule has 1 aliphatic rings. The van der Waals surface area contributed by atoms with Crippen molar-refractivity contribution in [2.45, 2.75) is 20.8 Å². The number of thioether (sulfide) groups is 1. The number of nitrogens with one attached hydrogen (secondary N) is 1. The van der Waals surface area contributed by atoms with E-state index in [1.165, 1.54) is 18.9 Å². The quantitative estimate of drug-likeness (QED) is 0.204. The molecule has 0 saturated carbocycles. The van der Waals surface area contributed by atoms with Crippen LogP contribution in [0.3, 0.4) is 0 Å². The van der Waals surface area contributed by atoms with Gasteiger partial charge in [0.2, 0.25) is 0 Å². The van der Waals surface area contributed by atoms with E-state index in [0.717, 1.165) is 28.1 Å². The predicted octanol–water partition coefficient (Wildman–Crippen LogP) is 8.10. The molecule has 0 aliphatic carbocycles. The average Bonchev–Trinajstić information content (AvgIpc) is 3.27. The number of aliphatic imine (C=N–C) groups is 1. The van der Waals surface area contributed by atoms with E-state index in [9.17, 15) is 9.59 Å². The van der Waals surface area contributed by atoms with Crippen molar-refractivity contribution in [3.05, 3.63) is 117 Å². The van der Waals surface area contributed by atoms with Gasteiger partial charge in [0, 0.05) is 5.69 Å². The van der Waals surface area contributed by atoms with Gasteiger partial charge < -0.3 is 14.8 Å². The summed E-state index contributed by atoms with van der Waals surface area (Å²) >= 11 is 7.87. The number of methoxy groups -OCH3 is 1. The van der Waals surface area contributed by atoms with Crippen molar-refractivity contribution < 1.29 is 19.1 Å². The Labute approximate surface area is 260 Å². The van der Waals surface area contributed by atoms with Crippen LogP contribution >= 0.6 is 23.4 Å². The molecule has 1 heterocycles. The fourth-order valence-corrected chi connectivity index (χ4v) is 5.65. The summed E-state index contributed by atoms with van der Waals surface area (Å²) in [5.41, 5.74) is 6.03. The average molecular weight is 612 g/mol. The third-order valence-electron chi connectivity index (χ3n) is 6.56. The summed E-state index contributed by atoms with van der Waals surface area (Å²) in [6.45, 7) is 5.70. The molecule has 1 N–H and O–H groups in total. The number of benzene rings is 4. The van der Waals surface area contributed by atoms with Crippen molar-refractivity contribution in [3.63, 3.8) is 0 Å². The van der Waals surface area contributed by atoms with E-state index >= 15 is 0 Å². The topological polar surface area (TPSA) is 80.2 Å². The Balaban J connectivity index is 1.40. The molecule has 0 bridgehead atoms. The van der Waals surface area contributed by atoms with E-state index < -0.39 is 0 Å². The lowest BCUT2D eigenvalue weighted by molar-refractivity contribution is -0.118. The molecular weight excluding hydrogens is 582 g/mol. The molecule has 1 aliphatic heterocycles. The first-order chi connectivity index (χ1) is 20.7. The molecule has 43 heavy (non-hydrogen) atoms. The monoisotopic (exact) mass is 611 g/mol. The highest BCUT2D eigenvalue weighted by atomic mass is 35.5. The zero-order valence-corrected chi connectivity index (χ0v) is 25.8. The highest BCUT2D eigenvalue weighted by Crippen LogP contribution is 2.40. The molecule has 2 amide bonds. The van der Waals surface area contributed by atoms with Crippen LogP contribution in [0.2, 0.25) is 5.02 Å². The Bertz CT molecular complexity index is 1730. The third kappa shape index (κ3) is 7.28. The molecule has 0 unspecified atom stereocenters. The number of hydrogen-bond acceptors (Lipinski definition) is 6. The Morgan fingerprint density at radius 3 is 2.33 bits per heavy atom. The maximum absolute atomic E-state index is 13.7. The van der Waals surface area contributed by atoms with E-state index in [-0.39, 0.29) is 29.2 Å². The first kappa shape index (κ1) is 29.9. The SMILES string of the molecule is COc1cc(/C=C2\SC(=Nc3ccc(C)cc3)N(c3ccc(C)cc3)C2=O)cc(Cl)c1OCC(=O)Nc1cccc(C)c1. The van der Waals surface area contributed by atoms with Gasteiger partial charge in [0.25, 0.3) is 11.8 Å². The van der Waals surface area contributed by atoms with Crippen LogP contribution in [0.1, 0.15) is 22.3 Å². The summed E-state index contributed by atoms with van der Waals surface area (Å²) in [5, 5.41) is 3.59. The van der Waals surface area contributed by atoms with Crippen LogP contribution in [0.5, 0.6) is 11.5 Å². The van der Waals surface area contributed by atoms with Gasteiger partial charge >= 0.3 is 0 Å². The number of carbonyl (C=O) groups excluding carboxylic acids is 2. The lowest BCUT2D eigenvalue weighted by atomic mass is 10.1. The number of hydrogen-bond donors (Lipinski definition) is 1. The second kappa shape index (κ2) is 13.2. The van der Waals surface area contributed by atoms with E-state index in [4.69, 9.17) is 26.1 Å². The van der Waals surface area contributed by atoms with E-state index in [1.807, 2.05) is 87.5 Å². The minimum absolute atomic E-state index is 0.206. The zero-order valence-electron chi connectivity index (χ0n) is 24.2. The minimum Gasteiger partial charge on any atom is -0.493 e. The van der Waals surface area contributed by atoms with E-state index in [1.54, 1.807) is 29.2 Å². The van der Waals surface area contributed by atoms with Crippen LogP contribution in [-0.4, -0.2) is 30.7 Å². The number of halogens is 1. The molecular formula is C34H30ClN3O4S. The Hall–Kier alpha value is -4.53. The van der Waals surface area contributed by atoms with Gasteiger partial charge in [0.1, 0.15) is 0 Å². The molecule has 1 saturated heterocycles.